The Kier molecular flexibility index (Phi) is 4.85. The quantitative estimate of drug-likeness (QED) is 0.824. The van der Waals surface area contributed by atoms with Gasteiger partial charge in [0, 0.05) is 12.4 Å². The summed E-state index contributed by atoms with van der Waals surface area (Å²) in [4.78, 5) is 17.0. The molecule has 0 radical (unpaired) electrons. The highest BCUT2D eigenvalue weighted by atomic mass is 19.4. The molecule has 0 spiro atoms. The number of hydrogen-bond donors (Lipinski definition) is 1. The van der Waals surface area contributed by atoms with E-state index >= 15 is 0 Å². The van der Waals surface area contributed by atoms with Crippen molar-refractivity contribution < 1.29 is 27.1 Å². The number of nitrogens with two attached hydrogens (primary N) is 1. The van der Waals surface area contributed by atoms with Gasteiger partial charge in [-0.15, -0.1) is 0 Å². The third kappa shape index (κ3) is 3.91. The van der Waals surface area contributed by atoms with E-state index in [0.717, 1.165) is 6.07 Å². The minimum Gasteiger partial charge on any atom is -0.465 e. The van der Waals surface area contributed by atoms with E-state index < -0.39 is 29.7 Å². The Morgan fingerprint density at radius 1 is 1.19 bits per heavy atom. The third-order valence-electron chi connectivity index (χ3n) is 3.75. The van der Waals surface area contributed by atoms with Crippen molar-refractivity contribution in [3.63, 3.8) is 0 Å². The van der Waals surface area contributed by atoms with Crippen molar-refractivity contribution in [3.8, 4) is 5.75 Å². The fraction of sp³-hybridized carbons (Fsp3) is 0.111. The van der Waals surface area contributed by atoms with Gasteiger partial charge in [-0.25, -0.2) is 4.39 Å². The molecule has 0 fully saturated rings. The molecule has 0 saturated carbocycles. The predicted octanol–water partition coefficient (Wildman–Crippen LogP) is 3.71. The van der Waals surface area contributed by atoms with E-state index in [1.807, 2.05) is 0 Å². The fourth-order valence-electron chi connectivity index (χ4n) is 2.54. The molecule has 3 rings (SSSR count). The number of rotatable bonds is 4. The van der Waals surface area contributed by atoms with Crippen LogP contribution in [0.2, 0.25) is 0 Å². The summed E-state index contributed by atoms with van der Waals surface area (Å²) in [6.07, 6.45) is -1.59. The van der Waals surface area contributed by atoms with Gasteiger partial charge < -0.3 is 15.4 Å². The van der Waals surface area contributed by atoms with Gasteiger partial charge in [0.25, 0.3) is 5.91 Å². The highest BCUT2D eigenvalue weighted by Gasteiger charge is 2.35. The van der Waals surface area contributed by atoms with Crippen molar-refractivity contribution in [2.45, 2.75) is 12.4 Å². The summed E-state index contributed by atoms with van der Waals surface area (Å²) in [7, 11) is 0. The maximum absolute atomic E-state index is 13.5. The van der Waals surface area contributed by atoms with Crippen molar-refractivity contribution in [3.05, 3.63) is 71.8 Å². The van der Waals surface area contributed by atoms with Crippen LogP contribution in [-0.2, 0) is 6.18 Å². The Bertz CT molecular complexity index is 925. The minimum atomic E-state index is -4.86. The standard InChI is InChI=1S/C18H13F4N3O2/c19-14-6-5-11(9-13(14)18(20,21)22)27-16-10-24-7-8-25(16)15-4-2-1-3-12(15)17(23)26/h1-10,16H,(H2,23,26). The monoisotopic (exact) mass is 379 g/mol. The smallest absolute Gasteiger partial charge is 0.419 e. The number of nitrogens with zero attached hydrogens (tertiary/aromatic N) is 2. The molecule has 1 atom stereocenters. The number of aliphatic imine (C=N–C) groups is 1. The second-order valence-corrected chi connectivity index (χ2v) is 5.53. The number of halogens is 4. The van der Waals surface area contributed by atoms with Crippen molar-refractivity contribution in [2.75, 3.05) is 4.90 Å². The van der Waals surface area contributed by atoms with Gasteiger partial charge in [0.1, 0.15) is 11.6 Å². The number of alkyl halides is 3. The predicted molar refractivity (Wildman–Crippen MR) is 90.9 cm³/mol. The molecule has 140 valence electrons. The maximum Gasteiger partial charge on any atom is 0.419 e. The van der Waals surface area contributed by atoms with Gasteiger partial charge in [0.05, 0.1) is 23.0 Å². The molecule has 1 amide bonds. The molecule has 0 saturated heterocycles. The van der Waals surface area contributed by atoms with Gasteiger partial charge in [-0.1, -0.05) is 12.1 Å². The Labute approximate surface area is 151 Å². The second kappa shape index (κ2) is 7.10. The highest BCUT2D eigenvalue weighted by molar-refractivity contribution is 5.99. The summed E-state index contributed by atoms with van der Waals surface area (Å²) in [5, 5.41) is 0. The van der Waals surface area contributed by atoms with Crippen molar-refractivity contribution in [2.24, 2.45) is 10.7 Å². The number of carbonyl (C=O) groups is 1. The SMILES string of the molecule is NC(=O)c1ccccc1N1C=CN=CC1Oc1ccc(F)c(C(F)(F)F)c1. The normalized spacial score (nSPS) is 16.4. The molecule has 5 nitrogen and oxygen atoms in total. The molecule has 27 heavy (non-hydrogen) atoms. The Morgan fingerprint density at radius 3 is 2.63 bits per heavy atom. The van der Waals surface area contributed by atoms with E-state index in [9.17, 15) is 22.4 Å². The molecule has 1 unspecified atom stereocenters. The van der Waals surface area contributed by atoms with Gasteiger partial charge in [-0.3, -0.25) is 9.79 Å². The lowest BCUT2D eigenvalue weighted by molar-refractivity contribution is -0.140. The largest absolute Gasteiger partial charge is 0.465 e. The Morgan fingerprint density at radius 2 is 1.93 bits per heavy atom. The second-order valence-electron chi connectivity index (χ2n) is 5.53. The molecule has 9 heteroatoms. The fourth-order valence-corrected chi connectivity index (χ4v) is 2.54. The molecule has 0 bridgehead atoms. The summed E-state index contributed by atoms with van der Waals surface area (Å²) in [5.41, 5.74) is 4.52. The first-order valence-electron chi connectivity index (χ1n) is 7.68. The molecule has 1 heterocycles. The van der Waals surface area contributed by atoms with Crippen LogP contribution in [0.1, 0.15) is 15.9 Å². The number of ether oxygens (including phenoxy) is 1. The summed E-state index contributed by atoms with van der Waals surface area (Å²) >= 11 is 0. The number of hydrogen-bond acceptors (Lipinski definition) is 4. The van der Waals surface area contributed by atoms with Crippen LogP contribution in [0.3, 0.4) is 0 Å². The van der Waals surface area contributed by atoms with Crippen LogP contribution in [0.5, 0.6) is 5.75 Å². The molecule has 1 aliphatic heterocycles. The molecule has 2 aromatic rings. The zero-order valence-electron chi connectivity index (χ0n) is 13.7. The van der Waals surface area contributed by atoms with E-state index in [1.54, 1.807) is 18.2 Å². The van der Waals surface area contributed by atoms with Crippen LogP contribution in [0.15, 0.2) is 59.9 Å². The van der Waals surface area contributed by atoms with Gasteiger partial charge in [-0.2, -0.15) is 13.2 Å². The number of benzene rings is 2. The minimum absolute atomic E-state index is 0.195. The summed E-state index contributed by atoms with van der Waals surface area (Å²) in [5.74, 6) is -2.29. The first kappa shape index (κ1) is 18.4. The molecule has 2 aromatic carbocycles. The average molecular weight is 379 g/mol. The average Bonchev–Trinajstić information content (AvgIpc) is 2.63. The summed E-state index contributed by atoms with van der Waals surface area (Å²) < 4.78 is 57.7. The van der Waals surface area contributed by atoms with Gasteiger partial charge >= 0.3 is 6.18 Å². The molecule has 0 aromatic heterocycles. The van der Waals surface area contributed by atoms with E-state index in [-0.39, 0.29) is 11.3 Å². The number of anilines is 1. The Hall–Kier alpha value is -3.36. The van der Waals surface area contributed by atoms with E-state index in [0.29, 0.717) is 17.8 Å². The lowest BCUT2D eigenvalue weighted by atomic mass is 10.1. The van der Waals surface area contributed by atoms with Crippen LogP contribution in [-0.4, -0.2) is 18.3 Å². The number of amides is 1. The number of primary amides is 1. The van der Waals surface area contributed by atoms with Gasteiger partial charge in [0.15, 0.2) is 0 Å². The van der Waals surface area contributed by atoms with Crippen LogP contribution in [0.4, 0.5) is 23.2 Å². The van der Waals surface area contributed by atoms with E-state index in [4.69, 9.17) is 10.5 Å². The van der Waals surface area contributed by atoms with Gasteiger partial charge in [0.2, 0.25) is 6.23 Å². The van der Waals surface area contributed by atoms with Crippen LogP contribution in [0, 0.1) is 5.82 Å². The highest BCUT2D eigenvalue weighted by Crippen LogP contribution is 2.34. The number of para-hydroxylation sites is 1. The first-order valence-corrected chi connectivity index (χ1v) is 7.68. The molecule has 0 aliphatic carbocycles. The lowest BCUT2D eigenvalue weighted by Gasteiger charge is -2.31. The van der Waals surface area contributed by atoms with Crippen LogP contribution in [0.25, 0.3) is 0 Å². The first-order chi connectivity index (χ1) is 12.8. The van der Waals surface area contributed by atoms with Gasteiger partial charge in [-0.05, 0) is 30.3 Å². The van der Waals surface area contributed by atoms with Crippen LogP contribution >= 0.6 is 0 Å². The molecular formula is C18H13F4N3O2. The number of carbonyl (C=O) groups excluding carboxylic acids is 1. The van der Waals surface area contributed by atoms with Crippen molar-refractivity contribution in [1.82, 2.24) is 0 Å². The van der Waals surface area contributed by atoms with E-state index in [2.05, 4.69) is 4.99 Å². The summed E-state index contributed by atoms with van der Waals surface area (Å²) in [6, 6.07) is 8.72. The maximum atomic E-state index is 13.5. The zero-order valence-corrected chi connectivity index (χ0v) is 13.7. The van der Waals surface area contributed by atoms with Crippen molar-refractivity contribution >= 4 is 17.8 Å². The molecular weight excluding hydrogens is 366 g/mol. The van der Waals surface area contributed by atoms with Crippen LogP contribution < -0.4 is 15.4 Å². The topological polar surface area (TPSA) is 67.9 Å². The van der Waals surface area contributed by atoms with Crippen molar-refractivity contribution in [1.29, 1.82) is 0 Å². The molecule has 2 N–H and O–H groups in total. The van der Waals surface area contributed by atoms with E-state index in [1.165, 1.54) is 29.6 Å². The third-order valence-corrected chi connectivity index (χ3v) is 3.75. The zero-order chi connectivity index (χ0) is 19.6. The Balaban J connectivity index is 1.94. The molecule has 1 aliphatic rings. The summed E-state index contributed by atoms with van der Waals surface area (Å²) in [6.45, 7) is 0. The lowest BCUT2D eigenvalue weighted by Crippen LogP contribution is -2.39.